The summed E-state index contributed by atoms with van der Waals surface area (Å²) in [7, 11) is -3.51. The van der Waals surface area contributed by atoms with E-state index in [9.17, 15) is 4.57 Å². The van der Waals surface area contributed by atoms with Gasteiger partial charge >= 0.3 is 0 Å². The van der Waals surface area contributed by atoms with Crippen LogP contribution in [0.1, 0.15) is 5.56 Å². The second-order valence-electron chi connectivity index (χ2n) is 2.40. The monoisotopic (exact) mass is 183 g/mol. The molecular formula is C8H10NO2P. The van der Waals surface area contributed by atoms with Crippen LogP contribution in [0.15, 0.2) is 36.1 Å². The molecule has 0 amide bonds. The van der Waals surface area contributed by atoms with Gasteiger partial charge < -0.3 is 4.89 Å². The quantitative estimate of drug-likeness (QED) is 0.687. The van der Waals surface area contributed by atoms with E-state index < -0.39 is 7.52 Å². The normalized spacial score (nSPS) is 16.2. The van der Waals surface area contributed by atoms with Gasteiger partial charge in [0.05, 0.1) is 0 Å². The average Bonchev–Trinajstić information content (AvgIpc) is 2.02. The molecule has 0 aliphatic rings. The van der Waals surface area contributed by atoms with Crippen molar-refractivity contribution in [3.63, 3.8) is 0 Å². The second kappa shape index (κ2) is 3.68. The Morgan fingerprint density at radius 2 is 1.92 bits per heavy atom. The second-order valence-corrected chi connectivity index (χ2v) is 4.04. The van der Waals surface area contributed by atoms with Crippen LogP contribution in [0.5, 0.6) is 0 Å². The van der Waals surface area contributed by atoms with Crippen molar-refractivity contribution in [3.8, 4) is 0 Å². The predicted molar refractivity (Wildman–Crippen MR) is 49.5 cm³/mol. The van der Waals surface area contributed by atoms with Crippen molar-refractivity contribution in [2.75, 3.05) is 0 Å². The maximum atomic E-state index is 10.6. The molecular weight excluding hydrogens is 173 g/mol. The number of hydrogen-bond donors (Lipinski definition) is 2. The molecule has 0 fully saturated rings. The third-order valence-electron chi connectivity index (χ3n) is 1.28. The molecule has 1 aromatic rings. The lowest BCUT2D eigenvalue weighted by Crippen LogP contribution is -1.86. The Morgan fingerprint density at radius 3 is 2.42 bits per heavy atom. The zero-order chi connectivity index (χ0) is 9.03. The molecule has 64 valence electrons. The van der Waals surface area contributed by atoms with Gasteiger partial charge in [-0.25, -0.2) is 0 Å². The van der Waals surface area contributed by atoms with E-state index in [0.29, 0.717) is 0 Å². The first-order chi connectivity index (χ1) is 5.58. The fourth-order valence-corrected chi connectivity index (χ4v) is 1.14. The van der Waals surface area contributed by atoms with Gasteiger partial charge in [-0.3, -0.25) is 10.1 Å². The Balaban J connectivity index is 2.78. The Kier molecular flexibility index (Phi) is 2.82. The molecule has 1 rings (SSSR count). The standard InChI is InChI=1S/C8H10NO2P/c9-12(10,11)7-6-8-4-2-1-3-5-8/h1-7H,(H3,9,10,11)/b7-6+. The van der Waals surface area contributed by atoms with Gasteiger partial charge in [0, 0.05) is 5.82 Å². The van der Waals surface area contributed by atoms with Crippen molar-refractivity contribution in [1.29, 1.82) is 0 Å². The van der Waals surface area contributed by atoms with Crippen LogP contribution in [0.3, 0.4) is 0 Å². The largest absolute Gasteiger partial charge is 0.331 e. The summed E-state index contributed by atoms with van der Waals surface area (Å²) in [5.74, 6) is 1.11. The van der Waals surface area contributed by atoms with Crippen LogP contribution in [0.25, 0.3) is 6.08 Å². The van der Waals surface area contributed by atoms with Crippen LogP contribution in [-0.2, 0) is 4.57 Å². The Morgan fingerprint density at radius 1 is 1.33 bits per heavy atom. The van der Waals surface area contributed by atoms with Crippen molar-refractivity contribution in [3.05, 3.63) is 41.7 Å². The SMILES string of the molecule is NP(=O)(O)/C=C/c1ccccc1. The van der Waals surface area contributed by atoms with Crippen LogP contribution in [0, 0.1) is 0 Å². The van der Waals surface area contributed by atoms with E-state index in [1.165, 1.54) is 6.08 Å². The lowest BCUT2D eigenvalue weighted by Gasteiger charge is -1.95. The van der Waals surface area contributed by atoms with Gasteiger partial charge in [0.25, 0.3) is 7.52 Å². The van der Waals surface area contributed by atoms with Gasteiger partial charge in [0.2, 0.25) is 0 Å². The van der Waals surface area contributed by atoms with Crippen LogP contribution in [0.2, 0.25) is 0 Å². The molecule has 3 nitrogen and oxygen atoms in total. The molecule has 0 saturated carbocycles. The molecule has 1 unspecified atom stereocenters. The van der Waals surface area contributed by atoms with Crippen molar-refractivity contribution < 1.29 is 9.46 Å². The minimum absolute atomic E-state index is 0.859. The highest BCUT2D eigenvalue weighted by atomic mass is 31.2. The van der Waals surface area contributed by atoms with Crippen LogP contribution in [-0.4, -0.2) is 4.89 Å². The summed E-state index contributed by atoms with van der Waals surface area (Å²) in [6.07, 6.45) is 1.53. The third-order valence-corrected chi connectivity index (χ3v) is 1.86. The fraction of sp³-hybridized carbons (Fsp3) is 0. The molecule has 3 N–H and O–H groups in total. The van der Waals surface area contributed by atoms with Crippen LogP contribution in [0.4, 0.5) is 0 Å². The third kappa shape index (κ3) is 3.49. The first-order valence-electron chi connectivity index (χ1n) is 3.43. The smallest absolute Gasteiger partial charge is 0.287 e. The van der Waals surface area contributed by atoms with E-state index in [1.54, 1.807) is 0 Å². The van der Waals surface area contributed by atoms with Gasteiger partial charge in [-0.05, 0) is 11.6 Å². The minimum Gasteiger partial charge on any atom is -0.331 e. The van der Waals surface area contributed by atoms with Crippen molar-refractivity contribution in [2.24, 2.45) is 5.50 Å². The van der Waals surface area contributed by atoms with Crippen LogP contribution < -0.4 is 5.50 Å². The highest BCUT2D eigenvalue weighted by molar-refractivity contribution is 7.58. The molecule has 0 bridgehead atoms. The molecule has 1 atom stereocenters. The molecule has 12 heavy (non-hydrogen) atoms. The van der Waals surface area contributed by atoms with Gasteiger partial charge in [-0.15, -0.1) is 0 Å². The molecule has 0 heterocycles. The Labute approximate surface area is 71.0 Å². The van der Waals surface area contributed by atoms with Gasteiger partial charge in [-0.2, -0.15) is 0 Å². The summed E-state index contributed by atoms with van der Waals surface area (Å²) >= 11 is 0. The van der Waals surface area contributed by atoms with Gasteiger partial charge in [0.15, 0.2) is 0 Å². The molecule has 0 aliphatic carbocycles. The number of benzene rings is 1. The molecule has 0 radical (unpaired) electrons. The molecule has 0 aliphatic heterocycles. The lowest BCUT2D eigenvalue weighted by molar-refractivity contribution is 0.490. The summed E-state index contributed by atoms with van der Waals surface area (Å²) in [6.45, 7) is 0. The van der Waals surface area contributed by atoms with E-state index in [4.69, 9.17) is 10.4 Å². The number of rotatable bonds is 2. The maximum absolute atomic E-state index is 10.6. The zero-order valence-electron chi connectivity index (χ0n) is 6.42. The minimum atomic E-state index is -3.51. The van der Waals surface area contributed by atoms with E-state index in [1.807, 2.05) is 30.3 Å². The Bertz CT molecular complexity index is 315. The van der Waals surface area contributed by atoms with Crippen LogP contribution >= 0.6 is 7.52 Å². The number of nitrogens with two attached hydrogens (primary N) is 1. The molecule has 0 aromatic heterocycles. The zero-order valence-corrected chi connectivity index (χ0v) is 7.32. The average molecular weight is 183 g/mol. The topological polar surface area (TPSA) is 63.3 Å². The van der Waals surface area contributed by atoms with Gasteiger partial charge in [0.1, 0.15) is 0 Å². The number of hydrogen-bond acceptors (Lipinski definition) is 1. The first-order valence-corrected chi connectivity index (χ1v) is 5.23. The van der Waals surface area contributed by atoms with E-state index in [-0.39, 0.29) is 0 Å². The summed E-state index contributed by atoms with van der Waals surface area (Å²) in [4.78, 5) is 8.73. The maximum Gasteiger partial charge on any atom is 0.287 e. The molecule has 1 aromatic carbocycles. The fourth-order valence-electron chi connectivity index (χ4n) is 0.757. The predicted octanol–water partition coefficient (Wildman–Crippen LogP) is 1.80. The summed E-state index contributed by atoms with van der Waals surface area (Å²) in [5, 5.41) is 0. The van der Waals surface area contributed by atoms with E-state index in [2.05, 4.69) is 0 Å². The highest BCUT2D eigenvalue weighted by Gasteiger charge is 2.01. The molecule has 0 saturated heterocycles. The van der Waals surface area contributed by atoms with Gasteiger partial charge in [-0.1, -0.05) is 30.3 Å². The molecule has 0 spiro atoms. The highest BCUT2D eigenvalue weighted by Crippen LogP contribution is 2.32. The van der Waals surface area contributed by atoms with Crippen molar-refractivity contribution in [2.45, 2.75) is 0 Å². The lowest BCUT2D eigenvalue weighted by atomic mass is 10.2. The van der Waals surface area contributed by atoms with E-state index >= 15 is 0 Å². The summed E-state index contributed by atoms with van der Waals surface area (Å²) < 4.78 is 10.6. The van der Waals surface area contributed by atoms with E-state index in [0.717, 1.165) is 11.4 Å². The summed E-state index contributed by atoms with van der Waals surface area (Å²) in [5.41, 5.74) is 5.77. The van der Waals surface area contributed by atoms with Crippen molar-refractivity contribution in [1.82, 2.24) is 0 Å². The summed E-state index contributed by atoms with van der Waals surface area (Å²) in [6, 6.07) is 9.22. The Hall–Kier alpha value is -0.890. The first kappa shape index (κ1) is 9.20. The van der Waals surface area contributed by atoms with Crippen molar-refractivity contribution >= 4 is 13.6 Å². The molecule has 4 heteroatoms.